The molecular formula is C17H19ClO2S. The molecule has 2 nitrogen and oxygen atoms in total. The lowest BCUT2D eigenvalue weighted by Gasteiger charge is -2.15. The van der Waals surface area contributed by atoms with Gasteiger partial charge in [-0.2, -0.15) is 0 Å². The SMILES string of the molecule is Cc1cc(C)c(S(=O)(=O)C[C@@H](Cl)c2ccccc2)c(C)c1. The van der Waals surface area contributed by atoms with Crippen LogP contribution in [0.3, 0.4) is 0 Å². The van der Waals surface area contributed by atoms with Crippen molar-refractivity contribution < 1.29 is 8.42 Å². The van der Waals surface area contributed by atoms with Crippen molar-refractivity contribution in [3.05, 3.63) is 64.7 Å². The lowest BCUT2D eigenvalue weighted by Crippen LogP contribution is -2.14. The third-order valence-corrected chi connectivity index (χ3v) is 6.07. The molecule has 0 aliphatic heterocycles. The molecule has 2 aromatic carbocycles. The van der Waals surface area contributed by atoms with E-state index in [1.54, 1.807) is 0 Å². The highest BCUT2D eigenvalue weighted by atomic mass is 35.5. The van der Waals surface area contributed by atoms with Crippen molar-refractivity contribution in [3.63, 3.8) is 0 Å². The third-order valence-electron chi connectivity index (χ3n) is 3.44. The minimum absolute atomic E-state index is 0.0939. The van der Waals surface area contributed by atoms with Crippen molar-refractivity contribution in [3.8, 4) is 0 Å². The molecule has 0 unspecified atom stereocenters. The van der Waals surface area contributed by atoms with Gasteiger partial charge < -0.3 is 0 Å². The van der Waals surface area contributed by atoms with Crippen molar-refractivity contribution in [1.29, 1.82) is 0 Å². The van der Waals surface area contributed by atoms with Crippen LogP contribution in [0.15, 0.2) is 47.4 Å². The maximum Gasteiger partial charge on any atom is 0.180 e. The highest BCUT2D eigenvalue weighted by molar-refractivity contribution is 7.91. The van der Waals surface area contributed by atoms with Gasteiger partial charge in [0.2, 0.25) is 0 Å². The quantitative estimate of drug-likeness (QED) is 0.783. The Bertz CT molecular complexity index is 714. The van der Waals surface area contributed by atoms with Crippen LogP contribution in [0.25, 0.3) is 0 Å². The molecule has 0 bridgehead atoms. The van der Waals surface area contributed by atoms with Crippen LogP contribution in [0.4, 0.5) is 0 Å². The van der Waals surface area contributed by atoms with Gasteiger partial charge in [-0.25, -0.2) is 8.42 Å². The first-order chi connectivity index (χ1) is 9.81. The summed E-state index contributed by atoms with van der Waals surface area (Å²) in [5.41, 5.74) is 3.45. The summed E-state index contributed by atoms with van der Waals surface area (Å²) in [6, 6.07) is 13.1. The van der Waals surface area contributed by atoms with Crippen molar-refractivity contribution in [2.45, 2.75) is 31.0 Å². The maximum absolute atomic E-state index is 12.7. The lowest BCUT2D eigenvalue weighted by atomic mass is 10.1. The van der Waals surface area contributed by atoms with E-state index in [0.717, 1.165) is 22.3 Å². The van der Waals surface area contributed by atoms with Crippen molar-refractivity contribution in [1.82, 2.24) is 0 Å². The summed E-state index contributed by atoms with van der Waals surface area (Å²) in [7, 11) is -3.42. The Balaban J connectivity index is 2.36. The summed E-state index contributed by atoms with van der Waals surface area (Å²) >= 11 is 6.30. The molecule has 0 aliphatic carbocycles. The van der Waals surface area contributed by atoms with Crippen LogP contribution in [-0.2, 0) is 9.84 Å². The van der Waals surface area contributed by atoms with Crippen LogP contribution in [0.5, 0.6) is 0 Å². The van der Waals surface area contributed by atoms with E-state index < -0.39 is 15.2 Å². The average Bonchev–Trinajstić information content (AvgIpc) is 2.37. The van der Waals surface area contributed by atoms with Crippen molar-refractivity contribution in [2.24, 2.45) is 0 Å². The lowest BCUT2D eigenvalue weighted by molar-refractivity contribution is 0.593. The molecule has 0 aliphatic rings. The zero-order valence-electron chi connectivity index (χ0n) is 12.4. The van der Waals surface area contributed by atoms with Gasteiger partial charge in [-0.1, -0.05) is 48.0 Å². The van der Waals surface area contributed by atoms with Crippen LogP contribution < -0.4 is 0 Å². The molecule has 0 aromatic heterocycles. The van der Waals surface area contributed by atoms with E-state index in [9.17, 15) is 8.42 Å². The van der Waals surface area contributed by atoms with Gasteiger partial charge in [0, 0.05) is 0 Å². The number of benzene rings is 2. The number of hydrogen-bond donors (Lipinski definition) is 0. The summed E-state index contributed by atoms with van der Waals surface area (Å²) in [4.78, 5) is 0.412. The van der Waals surface area contributed by atoms with Gasteiger partial charge in [0.15, 0.2) is 9.84 Å². The highest BCUT2D eigenvalue weighted by Gasteiger charge is 2.24. The van der Waals surface area contributed by atoms with E-state index >= 15 is 0 Å². The number of sulfone groups is 1. The van der Waals surface area contributed by atoms with E-state index in [1.165, 1.54) is 0 Å². The zero-order valence-corrected chi connectivity index (χ0v) is 14.0. The Hall–Kier alpha value is -1.32. The molecule has 112 valence electrons. The van der Waals surface area contributed by atoms with E-state index in [0.29, 0.717) is 4.90 Å². The van der Waals surface area contributed by atoms with E-state index in [1.807, 2.05) is 63.2 Å². The summed E-state index contributed by atoms with van der Waals surface area (Å²) in [5.74, 6) is -0.0939. The number of hydrogen-bond acceptors (Lipinski definition) is 2. The number of rotatable bonds is 4. The molecule has 4 heteroatoms. The molecule has 0 fully saturated rings. The van der Waals surface area contributed by atoms with Crippen LogP contribution >= 0.6 is 11.6 Å². The molecule has 1 atom stereocenters. The second kappa shape index (κ2) is 6.20. The van der Waals surface area contributed by atoms with Gasteiger partial charge >= 0.3 is 0 Å². The molecule has 0 amide bonds. The number of aryl methyl sites for hydroxylation is 3. The predicted octanol–water partition coefficient (Wildman–Crippen LogP) is 4.37. The normalized spacial score (nSPS) is 13.1. The summed E-state index contributed by atoms with van der Waals surface area (Å²) in [6.45, 7) is 5.63. The fourth-order valence-electron chi connectivity index (χ4n) is 2.69. The minimum atomic E-state index is -3.42. The highest BCUT2D eigenvalue weighted by Crippen LogP contribution is 2.29. The Kier molecular flexibility index (Phi) is 4.74. The predicted molar refractivity (Wildman–Crippen MR) is 87.7 cm³/mol. The smallest absolute Gasteiger partial charge is 0.180 e. The van der Waals surface area contributed by atoms with Crippen LogP contribution in [-0.4, -0.2) is 14.2 Å². The summed E-state index contributed by atoms with van der Waals surface area (Å²) < 4.78 is 25.4. The molecule has 0 saturated carbocycles. The van der Waals surface area contributed by atoms with Crippen molar-refractivity contribution in [2.75, 3.05) is 5.75 Å². The van der Waals surface area contributed by atoms with Crippen LogP contribution in [0, 0.1) is 20.8 Å². The molecular weight excluding hydrogens is 304 g/mol. The molecule has 0 N–H and O–H groups in total. The third kappa shape index (κ3) is 3.66. The second-order valence-electron chi connectivity index (χ2n) is 5.39. The van der Waals surface area contributed by atoms with E-state index in [2.05, 4.69) is 0 Å². The Morgan fingerprint density at radius 3 is 2.05 bits per heavy atom. The Labute approximate surface area is 131 Å². The molecule has 0 spiro atoms. The molecule has 21 heavy (non-hydrogen) atoms. The number of halogens is 1. The molecule has 0 saturated heterocycles. The molecule has 0 heterocycles. The number of alkyl halides is 1. The standard InChI is InChI=1S/C17H19ClO2S/c1-12-9-13(2)17(14(3)10-12)21(19,20)11-16(18)15-7-5-4-6-8-15/h4-10,16H,11H2,1-3H3/t16-/m1/s1. The van der Waals surface area contributed by atoms with Gasteiger partial charge in [0.05, 0.1) is 16.0 Å². The van der Waals surface area contributed by atoms with Gasteiger partial charge in [-0.05, 0) is 37.5 Å². The summed E-state index contributed by atoms with van der Waals surface area (Å²) in [6.07, 6.45) is 0. The first kappa shape index (κ1) is 16.1. The Morgan fingerprint density at radius 1 is 1.00 bits per heavy atom. The molecule has 2 aromatic rings. The average molecular weight is 323 g/mol. The Morgan fingerprint density at radius 2 is 1.52 bits per heavy atom. The fraction of sp³-hybridized carbons (Fsp3) is 0.294. The first-order valence-corrected chi connectivity index (χ1v) is 8.90. The van der Waals surface area contributed by atoms with Crippen LogP contribution in [0.2, 0.25) is 0 Å². The molecule has 0 radical (unpaired) electrons. The van der Waals surface area contributed by atoms with E-state index in [4.69, 9.17) is 11.6 Å². The first-order valence-electron chi connectivity index (χ1n) is 6.81. The fourth-order valence-corrected chi connectivity index (χ4v) is 5.18. The minimum Gasteiger partial charge on any atom is -0.224 e. The monoisotopic (exact) mass is 322 g/mol. The topological polar surface area (TPSA) is 34.1 Å². The zero-order chi connectivity index (χ0) is 15.6. The largest absolute Gasteiger partial charge is 0.224 e. The maximum atomic E-state index is 12.7. The van der Waals surface area contributed by atoms with E-state index in [-0.39, 0.29) is 5.75 Å². The second-order valence-corrected chi connectivity index (χ2v) is 7.89. The van der Waals surface area contributed by atoms with Gasteiger partial charge in [0.1, 0.15) is 0 Å². The molecule has 2 rings (SSSR count). The van der Waals surface area contributed by atoms with Gasteiger partial charge in [-0.3, -0.25) is 0 Å². The van der Waals surface area contributed by atoms with Crippen LogP contribution in [0.1, 0.15) is 27.6 Å². The van der Waals surface area contributed by atoms with Gasteiger partial charge in [0.25, 0.3) is 0 Å². The summed E-state index contributed by atoms with van der Waals surface area (Å²) in [5, 5.41) is -0.545. The van der Waals surface area contributed by atoms with Gasteiger partial charge in [-0.15, -0.1) is 11.6 Å². The van der Waals surface area contributed by atoms with Crippen molar-refractivity contribution >= 4 is 21.4 Å².